The molecule has 0 N–H and O–H groups in total. The van der Waals surface area contributed by atoms with Crippen molar-refractivity contribution in [1.29, 1.82) is 0 Å². The molecule has 0 aromatic heterocycles. The summed E-state index contributed by atoms with van der Waals surface area (Å²) in [6.45, 7) is 7.82. The summed E-state index contributed by atoms with van der Waals surface area (Å²) in [5, 5.41) is 0. The molecule has 0 spiro atoms. The van der Waals surface area contributed by atoms with Crippen LogP contribution >= 0.6 is 0 Å². The molecule has 0 aliphatic rings. The van der Waals surface area contributed by atoms with Crippen molar-refractivity contribution in [3.63, 3.8) is 0 Å². The number of ketones is 1. The van der Waals surface area contributed by atoms with Gasteiger partial charge < -0.3 is 0 Å². The van der Waals surface area contributed by atoms with Crippen LogP contribution in [0.1, 0.15) is 43.1 Å². The zero-order valence-corrected chi connectivity index (χ0v) is 9.73. The third kappa shape index (κ3) is 3.46. The molecule has 0 fully saturated rings. The number of carbonyl (C=O) groups excluding carboxylic acids is 1. The first-order valence-electron chi connectivity index (χ1n) is 5.09. The van der Waals surface area contributed by atoms with E-state index in [-0.39, 0.29) is 17.0 Å². The second-order valence-corrected chi connectivity index (χ2v) is 5.12. The summed E-state index contributed by atoms with van der Waals surface area (Å²) in [5.74, 6) is -0.209. The molecule has 2 heteroatoms. The third-order valence-electron chi connectivity index (χ3n) is 2.18. The van der Waals surface area contributed by atoms with Gasteiger partial charge in [-0.1, -0.05) is 20.8 Å². The zero-order valence-electron chi connectivity index (χ0n) is 9.73. The second-order valence-electron chi connectivity index (χ2n) is 5.12. The lowest BCUT2D eigenvalue weighted by atomic mass is 9.87. The molecule has 0 amide bonds. The lowest BCUT2D eigenvalue weighted by Gasteiger charge is -2.17. The minimum Gasteiger partial charge on any atom is -0.294 e. The first-order chi connectivity index (χ1) is 6.79. The van der Waals surface area contributed by atoms with Crippen LogP contribution in [-0.2, 0) is 0 Å². The van der Waals surface area contributed by atoms with Crippen LogP contribution in [0.25, 0.3) is 0 Å². The summed E-state index contributed by atoms with van der Waals surface area (Å²) in [4.78, 5) is 11.9. The fraction of sp³-hybridized carbons (Fsp3) is 0.462. The van der Waals surface area contributed by atoms with Crippen molar-refractivity contribution in [1.82, 2.24) is 0 Å². The van der Waals surface area contributed by atoms with E-state index in [2.05, 4.69) is 0 Å². The standard InChI is InChI=1S/C13H17FO/c1-9-7-10(14)5-6-11(9)12(15)8-13(2,3)4/h5-7H,8H2,1-4H3. The average Bonchev–Trinajstić information content (AvgIpc) is 1.99. The number of hydrogen-bond donors (Lipinski definition) is 0. The third-order valence-corrected chi connectivity index (χ3v) is 2.18. The van der Waals surface area contributed by atoms with Crippen molar-refractivity contribution in [2.75, 3.05) is 0 Å². The van der Waals surface area contributed by atoms with Gasteiger partial charge in [0.15, 0.2) is 5.78 Å². The van der Waals surface area contributed by atoms with Crippen LogP contribution < -0.4 is 0 Å². The van der Waals surface area contributed by atoms with Crippen molar-refractivity contribution >= 4 is 5.78 Å². The van der Waals surface area contributed by atoms with Crippen LogP contribution in [0, 0.1) is 18.2 Å². The number of Topliss-reactive ketones (excluding diaryl/α,β-unsaturated/α-hetero) is 1. The monoisotopic (exact) mass is 208 g/mol. The number of carbonyl (C=O) groups is 1. The first-order valence-corrected chi connectivity index (χ1v) is 5.09. The highest BCUT2D eigenvalue weighted by atomic mass is 19.1. The average molecular weight is 208 g/mol. The van der Waals surface area contributed by atoms with E-state index in [1.54, 1.807) is 13.0 Å². The largest absolute Gasteiger partial charge is 0.294 e. The molecule has 1 aromatic carbocycles. The predicted molar refractivity (Wildman–Crippen MR) is 59.5 cm³/mol. The van der Waals surface area contributed by atoms with Gasteiger partial charge in [0, 0.05) is 12.0 Å². The Morgan fingerprint density at radius 2 is 1.93 bits per heavy atom. The number of hydrogen-bond acceptors (Lipinski definition) is 1. The Hall–Kier alpha value is -1.18. The summed E-state index contributed by atoms with van der Waals surface area (Å²) in [5.41, 5.74) is 1.31. The van der Waals surface area contributed by atoms with Gasteiger partial charge in [-0.25, -0.2) is 4.39 Å². The van der Waals surface area contributed by atoms with Gasteiger partial charge in [0.05, 0.1) is 0 Å². The van der Waals surface area contributed by atoms with Crippen molar-refractivity contribution in [3.05, 3.63) is 35.1 Å². The smallest absolute Gasteiger partial charge is 0.163 e. The minimum absolute atomic E-state index is 0.0299. The fourth-order valence-corrected chi connectivity index (χ4v) is 1.52. The molecule has 0 aliphatic carbocycles. The molecule has 0 bridgehead atoms. The Kier molecular flexibility index (Phi) is 3.28. The summed E-state index contributed by atoms with van der Waals surface area (Å²) < 4.78 is 12.8. The summed E-state index contributed by atoms with van der Waals surface area (Å²) >= 11 is 0. The van der Waals surface area contributed by atoms with Gasteiger partial charge in [-0.05, 0) is 36.1 Å². The van der Waals surface area contributed by atoms with Crippen LogP contribution in [0.15, 0.2) is 18.2 Å². The second kappa shape index (κ2) is 4.13. The Labute approximate surface area is 90.3 Å². The highest BCUT2D eigenvalue weighted by molar-refractivity contribution is 5.97. The lowest BCUT2D eigenvalue weighted by Crippen LogP contribution is -2.14. The van der Waals surface area contributed by atoms with Crippen LogP contribution in [0.2, 0.25) is 0 Å². The highest BCUT2D eigenvalue weighted by Crippen LogP contribution is 2.23. The minimum atomic E-state index is -0.292. The molecule has 1 aromatic rings. The van der Waals surface area contributed by atoms with Gasteiger partial charge in [-0.15, -0.1) is 0 Å². The summed E-state index contributed by atoms with van der Waals surface area (Å²) in [7, 11) is 0. The molecular formula is C13H17FO. The van der Waals surface area contributed by atoms with Gasteiger partial charge in [0.1, 0.15) is 5.82 Å². The molecule has 0 aliphatic heterocycles. The fourth-order valence-electron chi connectivity index (χ4n) is 1.52. The van der Waals surface area contributed by atoms with Gasteiger partial charge in [0.25, 0.3) is 0 Å². The number of benzene rings is 1. The van der Waals surface area contributed by atoms with E-state index in [1.165, 1.54) is 12.1 Å². The molecule has 0 heterocycles. The SMILES string of the molecule is Cc1cc(F)ccc1C(=O)CC(C)(C)C. The van der Waals surface area contributed by atoms with E-state index in [4.69, 9.17) is 0 Å². The Bertz CT molecular complexity index is 375. The van der Waals surface area contributed by atoms with Crippen LogP contribution in [0.3, 0.4) is 0 Å². The van der Waals surface area contributed by atoms with E-state index >= 15 is 0 Å². The van der Waals surface area contributed by atoms with Crippen LogP contribution in [0.4, 0.5) is 4.39 Å². The normalized spacial score (nSPS) is 11.5. The quantitative estimate of drug-likeness (QED) is 0.676. The van der Waals surface area contributed by atoms with E-state index in [9.17, 15) is 9.18 Å². The molecule has 82 valence electrons. The molecule has 0 atom stereocenters. The lowest BCUT2D eigenvalue weighted by molar-refractivity contribution is 0.0939. The maximum atomic E-state index is 12.8. The van der Waals surface area contributed by atoms with Gasteiger partial charge in [-0.3, -0.25) is 4.79 Å². The Balaban J connectivity index is 2.92. The van der Waals surface area contributed by atoms with Crippen molar-refractivity contribution < 1.29 is 9.18 Å². The van der Waals surface area contributed by atoms with E-state index in [0.29, 0.717) is 17.5 Å². The molecule has 1 nitrogen and oxygen atoms in total. The molecule has 0 radical (unpaired) electrons. The molecule has 1 rings (SSSR count). The maximum absolute atomic E-state index is 12.8. The summed E-state index contributed by atoms with van der Waals surface area (Å²) in [6.07, 6.45) is 0.486. The van der Waals surface area contributed by atoms with Gasteiger partial charge >= 0.3 is 0 Å². The van der Waals surface area contributed by atoms with Crippen LogP contribution in [0.5, 0.6) is 0 Å². The highest BCUT2D eigenvalue weighted by Gasteiger charge is 2.18. The molecule has 15 heavy (non-hydrogen) atoms. The number of halogens is 1. The van der Waals surface area contributed by atoms with Gasteiger partial charge in [-0.2, -0.15) is 0 Å². The van der Waals surface area contributed by atoms with E-state index in [0.717, 1.165) is 0 Å². The topological polar surface area (TPSA) is 17.1 Å². The van der Waals surface area contributed by atoms with Gasteiger partial charge in [0.2, 0.25) is 0 Å². The van der Waals surface area contributed by atoms with E-state index in [1.807, 2.05) is 20.8 Å². The van der Waals surface area contributed by atoms with Crippen LogP contribution in [-0.4, -0.2) is 5.78 Å². The Morgan fingerprint density at radius 1 is 1.33 bits per heavy atom. The van der Waals surface area contributed by atoms with Crippen molar-refractivity contribution in [3.8, 4) is 0 Å². The van der Waals surface area contributed by atoms with Crippen molar-refractivity contribution in [2.24, 2.45) is 5.41 Å². The number of aryl methyl sites for hydroxylation is 1. The molecule has 0 saturated heterocycles. The predicted octanol–water partition coefficient (Wildman–Crippen LogP) is 3.75. The number of rotatable bonds is 2. The molecular weight excluding hydrogens is 191 g/mol. The summed E-state index contributed by atoms with van der Waals surface area (Å²) in [6, 6.07) is 4.30. The van der Waals surface area contributed by atoms with E-state index < -0.39 is 0 Å². The Morgan fingerprint density at radius 3 is 2.40 bits per heavy atom. The van der Waals surface area contributed by atoms with Crippen molar-refractivity contribution in [2.45, 2.75) is 34.1 Å². The first kappa shape index (κ1) is 11.9. The molecule has 0 saturated carbocycles. The molecule has 0 unspecified atom stereocenters. The maximum Gasteiger partial charge on any atom is 0.163 e. The zero-order chi connectivity index (χ0) is 11.6.